The minimum Gasteiger partial charge on any atom is -0.490 e. The molecule has 4 rings (SSSR count). The molecule has 10 heteroatoms. The highest BCUT2D eigenvalue weighted by Gasteiger charge is 2.26. The van der Waals surface area contributed by atoms with Crippen LogP contribution in [0.5, 0.6) is 5.75 Å². The maximum Gasteiger partial charge on any atom is 0.261 e. The second-order valence-electron chi connectivity index (χ2n) is 7.95. The Morgan fingerprint density at radius 3 is 2.79 bits per heavy atom. The SMILES string of the molecule is CSc1nc2cc(C(=O)N3CCOC(COc4ccc(Cl)cc4C(C)=O)C3)ccc2c(=O)n1C. The summed E-state index contributed by atoms with van der Waals surface area (Å²) in [7, 11) is 1.68. The van der Waals surface area contributed by atoms with Crippen molar-refractivity contribution in [2.24, 2.45) is 7.05 Å². The number of Topliss-reactive ketones (excluding diaryl/α,β-unsaturated/α-hetero) is 1. The van der Waals surface area contributed by atoms with Gasteiger partial charge in [-0.05, 0) is 49.6 Å². The van der Waals surface area contributed by atoms with Gasteiger partial charge in [0, 0.05) is 24.2 Å². The quantitative estimate of drug-likeness (QED) is 0.290. The molecule has 0 aliphatic carbocycles. The molecule has 3 aromatic rings. The Bertz CT molecular complexity index is 1330. The van der Waals surface area contributed by atoms with Crippen LogP contribution in [-0.4, -0.2) is 64.8 Å². The molecule has 1 amide bonds. The van der Waals surface area contributed by atoms with Crippen LogP contribution in [0.4, 0.5) is 0 Å². The zero-order chi connectivity index (χ0) is 24.4. The van der Waals surface area contributed by atoms with Crippen LogP contribution >= 0.6 is 23.4 Å². The number of carbonyl (C=O) groups is 2. The number of rotatable bonds is 6. The Labute approximate surface area is 205 Å². The van der Waals surface area contributed by atoms with Crippen LogP contribution in [0.2, 0.25) is 5.02 Å². The molecule has 0 N–H and O–H groups in total. The molecule has 0 saturated carbocycles. The number of amides is 1. The Kier molecular flexibility index (Phi) is 7.25. The van der Waals surface area contributed by atoms with E-state index in [0.717, 1.165) is 0 Å². The first-order valence-electron chi connectivity index (χ1n) is 10.7. The molecule has 178 valence electrons. The summed E-state index contributed by atoms with van der Waals surface area (Å²) in [6.45, 7) is 2.76. The fraction of sp³-hybridized carbons (Fsp3) is 0.333. The Morgan fingerprint density at radius 2 is 2.06 bits per heavy atom. The van der Waals surface area contributed by atoms with Gasteiger partial charge >= 0.3 is 0 Å². The second kappa shape index (κ2) is 10.2. The number of ether oxygens (including phenoxy) is 2. The lowest BCUT2D eigenvalue weighted by Crippen LogP contribution is -2.47. The van der Waals surface area contributed by atoms with E-state index in [2.05, 4.69) is 4.98 Å². The number of carbonyl (C=O) groups excluding carboxylic acids is 2. The van der Waals surface area contributed by atoms with Gasteiger partial charge in [-0.2, -0.15) is 0 Å². The normalized spacial score (nSPS) is 16.0. The minimum absolute atomic E-state index is 0.149. The molecule has 1 unspecified atom stereocenters. The van der Waals surface area contributed by atoms with E-state index in [1.165, 1.54) is 23.3 Å². The summed E-state index contributed by atoms with van der Waals surface area (Å²) >= 11 is 7.36. The van der Waals surface area contributed by atoms with Crippen molar-refractivity contribution in [2.75, 3.05) is 32.6 Å². The molecule has 0 spiro atoms. The van der Waals surface area contributed by atoms with Crippen LogP contribution < -0.4 is 10.3 Å². The maximum absolute atomic E-state index is 13.2. The molecule has 1 aliphatic rings. The van der Waals surface area contributed by atoms with E-state index in [1.807, 2.05) is 6.26 Å². The molecule has 0 bridgehead atoms. The van der Waals surface area contributed by atoms with E-state index in [-0.39, 0.29) is 30.0 Å². The summed E-state index contributed by atoms with van der Waals surface area (Å²) in [5.41, 5.74) is 1.20. The number of thioether (sulfide) groups is 1. The van der Waals surface area contributed by atoms with E-state index < -0.39 is 0 Å². The van der Waals surface area contributed by atoms with E-state index >= 15 is 0 Å². The highest BCUT2D eigenvalue weighted by atomic mass is 35.5. The van der Waals surface area contributed by atoms with Gasteiger partial charge in [-0.3, -0.25) is 19.0 Å². The lowest BCUT2D eigenvalue weighted by molar-refractivity contribution is -0.0401. The molecule has 1 aliphatic heterocycles. The first-order chi connectivity index (χ1) is 16.3. The Balaban J connectivity index is 1.48. The van der Waals surface area contributed by atoms with Crippen molar-refractivity contribution in [2.45, 2.75) is 18.2 Å². The predicted octanol–water partition coefficient (Wildman–Crippen LogP) is 3.43. The lowest BCUT2D eigenvalue weighted by atomic mass is 10.1. The first kappa shape index (κ1) is 24.3. The average Bonchev–Trinajstić information content (AvgIpc) is 2.84. The van der Waals surface area contributed by atoms with Crippen LogP contribution in [0.15, 0.2) is 46.3 Å². The fourth-order valence-electron chi connectivity index (χ4n) is 3.84. The number of aromatic nitrogens is 2. The van der Waals surface area contributed by atoms with Crippen molar-refractivity contribution in [3.8, 4) is 5.75 Å². The van der Waals surface area contributed by atoms with E-state index in [0.29, 0.717) is 57.7 Å². The van der Waals surface area contributed by atoms with Gasteiger partial charge in [0.05, 0.1) is 29.6 Å². The molecule has 8 nitrogen and oxygen atoms in total. The van der Waals surface area contributed by atoms with E-state index in [4.69, 9.17) is 21.1 Å². The zero-order valence-electron chi connectivity index (χ0n) is 19.0. The smallest absolute Gasteiger partial charge is 0.261 e. The zero-order valence-corrected chi connectivity index (χ0v) is 20.6. The summed E-state index contributed by atoms with van der Waals surface area (Å²) < 4.78 is 13.1. The molecule has 34 heavy (non-hydrogen) atoms. The van der Waals surface area contributed by atoms with Gasteiger partial charge in [-0.25, -0.2) is 4.98 Å². The molecule has 1 atom stereocenters. The summed E-state index contributed by atoms with van der Waals surface area (Å²) in [6, 6.07) is 9.84. The predicted molar refractivity (Wildman–Crippen MR) is 131 cm³/mol. The first-order valence-corrected chi connectivity index (χ1v) is 12.3. The summed E-state index contributed by atoms with van der Waals surface area (Å²) in [5, 5.41) is 1.50. The van der Waals surface area contributed by atoms with Crippen molar-refractivity contribution in [1.82, 2.24) is 14.5 Å². The van der Waals surface area contributed by atoms with Crippen molar-refractivity contribution in [3.63, 3.8) is 0 Å². The van der Waals surface area contributed by atoms with Crippen LogP contribution in [0, 0.1) is 0 Å². The highest BCUT2D eigenvalue weighted by molar-refractivity contribution is 7.98. The maximum atomic E-state index is 13.2. The van der Waals surface area contributed by atoms with Crippen LogP contribution in [0.25, 0.3) is 10.9 Å². The van der Waals surface area contributed by atoms with Gasteiger partial charge < -0.3 is 14.4 Å². The second-order valence-corrected chi connectivity index (χ2v) is 9.16. The van der Waals surface area contributed by atoms with Crippen molar-refractivity contribution < 1.29 is 19.1 Å². The Hall–Kier alpha value is -2.88. The number of hydrogen-bond donors (Lipinski definition) is 0. The summed E-state index contributed by atoms with van der Waals surface area (Å²) in [6.07, 6.45) is 1.49. The molecular formula is C24H24ClN3O5S. The van der Waals surface area contributed by atoms with Crippen molar-refractivity contribution in [3.05, 3.63) is 62.9 Å². The topological polar surface area (TPSA) is 90.7 Å². The number of morpholine rings is 1. The van der Waals surface area contributed by atoms with Crippen LogP contribution in [0.3, 0.4) is 0 Å². The number of ketones is 1. The number of hydrogen-bond acceptors (Lipinski definition) is 7. The number of halogens is 1. The molecule has 1 saturated heterocycles. The van der Waals surface area contributed by atoms with E-state index in [1.54, 1.807) is 48.3 Å². The number of benzene rings is 2. The van der Waals surface area contributed by atoms with Crippen molar-refractivity contribution in [1.29, 1.82) is 0 Å². The van der Waals surface area contributed by atoms with Gasteiger partial charge in [0.1, 0.15) is 18.5 Å². The van der Waals surface area contributed by atoms with E-state index in [9.17, 15) is 14.4 Å². The monoisotopic (exact) mass is 501 g/mol. The molecule has 1 fully saturated rings. The Morgan fingerprint density at radius 1 is 1.26 bits per heavy atom. The molecule has 1 aromatic heterocycles. The largest absolute Gasteiger partial charge is 0.490 e. The molecule has 2 aromatic carbocycles. The van der Waals surface area contributed by atoms with Gasteiger partial charge in [0.2, 0.25) is 0 Å². The third-order valence-corrected chi connectivity index (χ3v) is 6.60. The van der Waals surface area contributed by atoms with Crippen molar-refractivity contribution >= 4 is 46.0 Å². The summed E-state index contributed by atoms with van der Waals surface area (Å²) in [5.74, 6) is 0.110. The number of fused-ring (bicyclic) bond motifs is 1. The number of nitrogens with zero attached hydrogens (tertiary/aromatic N) is 3. The fourth-order valence-corrected chi connectivity index (χ4v) is 4.56. The third kappa shape index (κ3) is 4.96. The molecular weight excluding hydrogens is 478 g/mol. The van der Waals surface area contributed by atoms with Gasteiger partial charge in [0.25, 0.3) is 11.5 Å². The highest BCUT2D eigenvalue weighted by Crippen LogP contribution is 2.24. The van der Waals surface area contributed by atoms with Gasteiger partial charge in [-0.1, -0.05) is 23.4 Å². The lowest BCUT2D eigenvalue weighted by Gasteiger charge is -2.33. The summed E-state index contributed by atoms with van der Waals surface area (Å²) in [4.78, 5) is 43.9. The average molecular weight is 502 g/mol. The third-order valence-electron chi connectivity index (χ3n) is 5.64. The minimum atomic E-state index is -0.359. The van der Waals surface area contributed by atoms with Crippen LogP contribution in [0.1, 0.15) is 27.6 Å². The van der Waals surface area contributed by atoms with Gasteiger partial charge in [-0.15, -0.1) is 0 Å². The van der Waals surface area contributed by atoms with Crippen LogP contribution in [-0.2, 0) is 11.8 Å². The molecule has 2 heterocycles. The molecule has 0 radical (unpaired) electrons. The van der Waals surface area contributed by atoms with Gasteiger partial charge in [0.15, 0.2) is 10.9 Å². The standard InChI is InChI=1S/C24H24ClN3O5S/c1-14(29)19-11-16(25)5-7-21(19)33-13-17-12-28(8-9-32-17)22(30)15-4-6-18-20(10-15)26-24(34-3)27(2)23(18)31/h4-7,10-11,17H,8-9,12-13H2,1-3H3.